The average molecular weight is 286 g/mol. The van der Waals surface area contributed by atoms with E-state index in [1.54, 1.807) is 4.90 Å². The summed E-state index contributed by atoms with van der Waals surface area (Å²) in [7, 11) is 0. The molecule has 0 bridgehead atoms. The number of nitrogens with zero attached hydrogens (tertiary/aromatic N) is 1. The van der Waals surface area contributed by atoms with E-state index in [0.717, 1.165) is 25.8 Å². The van der Waals surface area contributed by atoms with Gasteiger partial charge in [-0.2, -0.15) is 0 Å². The van der Waals surface area contributed by atoms with Crippen LogP contribution in [0.1, 0.15) is 53.4 Å². The number of amides is 2. The highest BCUT2D eigenvalue weighted by atomic mass is 16.4. The van der Waals surface area contributed by atoms with Crippen LogP contribution in [-0.2, 0) is 4.79 Å². The molecular formula is C15H30N2O3. The fourth-order valence-corrected chi connectivity index (χ4v) is 2.25. The van der Waals surface area contributed by atoms with Gasteiger partial charge < -0.3 is 15.3 Å². The number of aliphatic carboxylic acids is 1. The molecule has 0 aromatic carbocycles. The Morgan fingerprint density at radius 3 is 2.35 bits per heavy atom. The van der Waals surface area contributed by atoms with Crippen molar-refractivity contribution in [3.63, 3.8) is 0 Å². The van der Waals surface area contributed by atoms with E-state index in [9.17, 15) is 9.59 Å². The molecule has 5 heteroatoms. The van der Waals surface area contributed by atoms with E-state index < -0.39 is 5.97 Å². The van der Waals surface area contributed by atoms with Gasteiger partial charge in [-0.15, -0.1) is 0 Å². The standard InChI is InChI=1S/C15H30N2O3/c1-5-7-8-17(6-2)15(20)16-11-13(9-12(3)4)10-14(18)19/h12-13H,5-11H2,1-4H3,(H,16,20)(H,18,19). The minimum atomic E-state index is -0.803. The van der Waals surface area contributed by atoms with E-state index in [1.165, 1.54) is 0 Å². The van der Waals surface area contributed by atoms with Gasteiger partial charge >= 0.3 is 12.0 Å². The predicted molar refractivity (Wildman–Crippen MR) is 80.8 cm³/mol. The molecule has 0 radical (unpaired) electrons. The second-order valence-electron chi connectivity index (χ2n) is 5.71. The maximum Gasteiger partial charge on any atom is 0.317 e. The number of nitrogens with one attached hydrogen (secondary N) is 1. The Morgan fingerprint density at radius 1 is 1.25 bits per heavy atom. The minimum Gasteiger partial charge on any atom is -0.481 e. The largest absolute Gasteiger partial charge is 0.481 e. The highest BCUT2D eigenvalue weighted by Crippen LogP contribution is 2.14. The first-order valence-corrected chi connectivity index (χ1v) is 7.65. The van der Waals surface area contributed by atoms with Crippen LogP contribution in [0.25, 0.3) is 0 Å². The topological polar surface area (TPSA) is 69.6 Å². The maximum absolute atomic E-state index is 12.0. The normalized spacial score (nSPS) is 12.2. The number of urea groups is 1. The summed E-state index contributed by atoms with van der Waals surface area (Å²) in [4.78, 5) is 24.6. The molecule has 0 saturated carbocycles. The van der Waals surface area contributed by atoms with Crippen LogP contribution in [0.2, 0.25) is 0 Å². The Kier molecular flexibility index (Phi) is 9.86. The molecule has 5 nitrogen and oxygen atoms in total. The quantitative estimate of drug-likeness (QED) is 0.648. The van der Waals surface area contributed by atoms with Gasteiger partial charge in [-0.3, -0.25) is 4.79 Å². The lowest BCUT2D eigenvalue weighted by atomic mass is 9.94. The molecular weight excluding hydrogens is 256 g/mol. The van der Waals surface area contributed by atoms with E-state index >= 15 is 0 Å². The van der Waals surface area contributed by atoms with Gasteiger partial charge in [-0.25, -0.2) is 4.79 Å². The van der Waals surface area contributed by atoms with Crippen LogP contribution in [0.5, 0.6) is 0 Å². The summed E-state index contributed by atoms with van der Waals surface area (Å²) in [6.45, 7) is 10.1. The number of rotatable bonds is 10. The Labute approximate surface area is 122 Å². The van der Waals surface area contributed by atoms with E-state index in [0.29, 0.717) is 19.0 Å². The Morgan fingerprint density at radius 2 is 1.90 bits per heavy atom. The van der Waals surface area contributed by atoms with Crippen LogP contribution in [0, 0.1) is 11.8 Å². The van der Waals surface area contributed by atoms with Crippen LogP contribution in [0.4, 0.5) is 4.79 Å². The van der Waals surface area contributed by atoms with Crippen molar-refractivity contribution in [2.75, 3.05) is 19.6 Å². The van der Waals surface area contributed by atoms with Gasteiger partial charge in [0.1, 0.15) is 0 Å². The van der Waals surface area contributed by atoms with Crippen molar-refractivity contribution >= 4 is 12.0 Å². The van der Waals surface area contributed by atoms with Gasteiger partial charge in [0, 0.05) is 26.1 Å². The zero-order valence-corrected chi connectivity index (χ0v) is 13.3. The van der Waals surface area contributed by atoms with E-state index in [-0.39, 0.29) is 18.4 Å². The van der Waals surface area contributed by atoms with Gasteiger partial charge in [0.15, 0.2) is 0 Å². The number of hydrogen-bond donors (Lipinski definition) is 2. The summed E-state index contributed by atoms with van der Waals surface area (Å²) in [5.74, 6) is -0.372. The Hall–Kier alpha value is -1.26. The molecule has 0 aliphatic carbocycles. The molecule has 118 valence electrons. The van der Waals surface area contributed by atoms with E-state index in [2.05, 4.69) is 26.1 Å². The van der Waals surface area contributed by atoms with Crippen molar-refractivity contribution in [1.29, 1.82) is 0 Å². The fourth-order valence-electron chi connectivity index (χ4n) is 2.25. The van der Waals surface area contributed by atoms with Crippen molar-refractivity contribution in [3.05, 3.63) is 0 Å². The SMILES string of the molecule is CCCCN(CC)C(=O)NCC(CC(=O)O)CC(C)C. The molecule has 0 spiro atoms. The lowest BCUT2D eigenvalue weighted by Crippen LogP contribution is -2.42. The van der Waals surface area contributed by atoms with Crippen molar-refractivity contribution in [1.82, 2.24) is 10.2 Å². The van der Waals surface area contributed by atoms with Crippen LogP contribution in [0.3, 0.4) is 0 Å². The molecule has 0 aliphatic rings. The molecule has 0 saturated heterocycles. The lowest BCUT2D eigenvalue weighted by molar-refractivity contribution is -0.138. The molecule has 0 heterocycles. The smallest absolute Gasteiger partial charge is 0.317 e. The molecule has 1 atom stereocenters. The molecule has 0 rings (SSSR count). The number of carboxylic acids is 1. The second kappa shape index (κ2) is 10.5. The average Bonchev–Trinajstić information content (AvgIpc) is 2.35. The third-order valence-corrected chi connectivity index (χ3v) is 3.26. The lowest BCUT2D eigenvalue weighted by Gasteiger charge is -2.23. The Bertz CT molecular complexity index is 293. The molecule has 0 aromatic heterocycles. The van der Waals surface area contributed by atoms with Crippen molar-refractivity contribution < 1.29 is 14.7 Å². The minimum absolute atomic E-state index is 0.00123. The monoisotopic (exact) mass is 286 g/mol. The number of carbonyl (C=O) groups excluding carboxylic acids is 1. The molecule has 0 aromatic rings. The maximum atomic E-state index is 12.0. The van der Waals surface area contributed by atoms with Crippen LogP contribution < -0.4 is 5.32 Å². The van der Waals surface area contributed by atoms with Gasteiger partial charge in [-0.1, -0.05) is 27.2 Å². The molecule has 0 aliphatic heterocycles. The fraction of sp³-hybridized carbons (Fsp3) is 0.867. The summed E-state index contributed by atoms with van der Waals surface area (Å²) < 4.78 is 0. The number of carboxylic acid groups (broad SMARTS) is 1. The predicted octanol–water partition coefficient (Wildman–Crippen LogP) is 2.96. The highest BCUT2D eigenvalue weighted by molar-refractivity contribution is 5.74. The summed E-state index contributed by atoms with van der Waals surface area (Å²) in [6, 6.07) is -0.0832. The summed E-state index contributed by atoms with van der Waals surface area (Å²) in [5, 5.41) is 11.8. The number of unbranched alkanes of at least 4 members (excludes halogenated alkanes) is 1. The van der Waals surface area contributed by atoms with Crippen LogP contribution in [0.15, 0.2) is 0 Å². The highest BCUT2D eigenvalue weighted by Gasteiger charge is 2.17. The molecule has 2 amide bonds. The zero-order chi connectivity index (χ0) is 15.5. The van der Waals surface area contributed by atoms with Crippen molar-refractivity contribution in [2.24, 2.45) is 11.8 Å². The second-order valence-corrected chi connectivity index (χ2v) is 5.71. The Balaban J connectivity index is 4.28. The van der Waals surface area contributed by atoms with Crippen LogP contribution in [-0.4, -0.2) is 41.6 Å². The third-order valence-electron chi connectivity index (χ3n) is 3.26. The summed E-state index contributed by atoms with van der Waals surface area (Å²) in [5.41, 5.74) is 0. The van der Waals surface area contributed by atoms with Gasteiger partial charge in [0.25, 0.3) is 0 Å². The molecule has 2 N–H and O–H groups in total. The molecule has 1 unspecified atom stereocenters. The third kappa shape index (κ3) is 8.77. The first-order chi connectivity index (χ1) is 9.40. The van der Waals surface area contributed by atoms with Crippen LogP contribution >= 0.6 is 0 Å². The van der Waals surface area contributed by atoms with E-state index in [4.69, 9.17) is 5.11 Å². The zero-order valence-electron chi connectivity index (χ0n) is 13.3. The van der Waals surface area contributed by atoms with Gasteiger partial charge in [0.2, 0.25) is 0 Å². The first-order valence-electron chi connectivity index (χ1n) is 7.65. The van der Waals surface area contributed by atoms with Gasteiger partial charge in [-0.05, 0) is 31.6 Å². The number of hydrogen-bond acceptors (Lipinski definition) is 2. The summed E-state index contributed by atoms with van der Waals surface area (Å²) >= 11 is 0. The van der Waals surface area contributed by atoms with Gasteiger partial charge in [0.05, 0.1) is 0 Å². The molecule has 20 heavy (non-hydrogen) atoms. The summed E-state index contributed by atoms with van der Waals surface area (Å²) in [6.07, 6.45) is 2.97. The number of carbonyl (C=O) groups is 2. The van der Waals surface area contributed by atoms with Crippen molar-refractivity contribution in [2.45, 2.75) is 53.4 Å². The first kappa shape index (κ1) is 18.7. The molecule has 0 fully saturated rings. The van der Waals surface area contributed by atoms with Crippen molar-refractivity contribution in [3.8, 4) is 0 Å². The van der Waals surface area contributed by atoms with E-state index in [1.807, 2.05) is 6.92 Å².